The Kier molecular flexibility index (Phi) is 13.6. The third-order valence-electron chi connectivity index (χ3n) is 17.3. The van der Waals surface area contributed by atoms with E-state index < -0.39 is 28.9 Å². The molecule has 0 fully saturated rings. The third-order valence-corrected chi connectivity index (χ3v) is 17.3. The highest BCUT2D eigenvalue weighted by Crippen LogP contribution is 2.47. The van der Waals surface area contributed by atoms with E-state index in [9.17, 15) is 0 Å². The number of nitrogens with zero attached hydrogens (tertiary/aromatic N) is 6. The fourth-order valence-corrected chi connectivity index (χ4v) is 12.8. The van der Waals surface area contributed by atoms with Crippen LogP contribution < -0.4 is 0 Å². The summed E-state index contributed by atoms with van der Waals surface area (Å²) < 4.78 is 84.9. The Bertz CT molecular complexity index is 5160. The van der Waals surface area contributed by atoms with E-state index in [0.717, 1.165) is 129 Å². The molecule has 0 aliphatic heterocycles. The van der Waals surface area contributed by atoms with Gasteiger partial charge in [-0.05, 0) is 106 Å². The predicted octanol–water partition coefficient (Wildman–Crippen LogP) is 21.8. The molecule has 0 spiro atoms. The van der Waals surface area contributed by atoms with Crippen molar-refractivity contribution in [2.45, 2.75) is 6.18 Å². The quantitative estimate of drug-likeness (QED) is 0.121. The molecule has 6 nitrogen and oxygen atoms in total. The van der Waals surface area contributed by atoms with E-state index in [2.05, 4.69) is 0 Å². The van der Waals surface area contributed by atoms with Crippen molar-refractivity contribution in [3.63, 3.8) is 0 Å². The van der Waals surface area contributed by atoms with Gasteiger partial charge in [-0.3, -0.25) is 19.9 Å². The molecule has 0 unspecified atom stereocenters. The van der Waals surface area contributed by atoms with Gasteiger partial charge in [0.25, 0.3) is 0 Å². The van der Waals surface area contributed by atoms with Crippen molar-refractivity contribution >= 4 is 43.6 Å². The molecule has 92 heavy (non-hydrogen) atoms. The van der Waals surface area contributed by atoms with Gasteiger partial charge in [0, 0.05) is 96.9 Å². The van der Waals surface area contributed by atoms with Crippen LogP contribution in [0.25, 0.3) is 156 Å². The first-order valence-electron chi connectivity index (χ1n) is 30.0. The zero-order valence-electron chi connectivity index (χ0n) is 48.9. The normalized spacial score (nSPS) is 11.8. The molecule has 0 aliphatic rings. The molecule has 6 aromatic heterocycles. The third kappa shape index (κ3) is 10.1. The second-order valence-electron chi connectivity index (χ2n) is 22.8. The maximum atomic E-state index is 16.6. The number of pyridine rings is 4. The Morgan fingerprint density at radius 2 is 0.533 bits per heavy atom. The van der Waals surface area contributed by atoms with E-state index in [1.165, 1.54) is 6.07 Å². The minimum Gasteiger partial charge on any atom is -0.307 e. The molecule has 10 aromatic carbocycles. The number of halogens is 5. The van der Waals surface area contributed by atoms with Crippen molar-refractivity contribution in [3.8, 4) is 112 Å². The molecule has 0 saturated heterocycles. The summed E-state index contributed by atoms with van der Waals surface area (Å²) in [4.78, 5) is 19.6. The number of fused-ring (bicyclic) bond motifs is 6. The van der Waals surface area contributed by atoms with Gasteiger partial charge < -0.3 is 9.13 Å². The van der Waals surface area contributed by atoms with E-state index in [0.29, 0.717) is 33.8 Å². The topological polar surface area (TPSA) is 61.4 Å². The summed E-state index contributed by atoms with van der Waals surface area (Å²) in [5.41, 5.74) is 14.4. The maximum Gasteiger partial charge on any atom is 0.417 e. The van der Waals surface area contributed by atoms with Gasteiger partial charge in [0.15, 0.2) is 0 Å². The van der Waals surface area contributed by atoms with Crippen LogP contribution in [0.5, 0.6) is 0 Å². The fourth-order valence-electron chi connectivity index (χ4n) is 12.8. The van der Waals surface area contributed by atoms with Crippen molar-refractivity contribution in [1.82, 2.24) is 29.1 Å². The lowest BCUT2D eigenvalue weighted by molar-refractivity contribution is -0.137. The zero-order chi connectivity index (χ0) is 62.0. The number of aromatic nitrogens is 6. The summed E-state index contributed by atoms with van der Waals surface area (Å²) in [7, 11) is 0. The molecule has 0 atom stereocenters. The SMILES string of the molecule is Fc1cc(F)cc(-c2cc(-n3c4cc(-c5ccc(-c6ccccc6)nc5)ccc4c4ccc(-c5ccc(-c6ccccc6)nc5)cc43)c(-n3c4cc(-c5ccc(-c6ccccc6)nc5)ccc4c4ccc(-c5ccc(-c6ccccc6)nc5)cc43)cc2C(F)(F)F)c1. The molecule has 0 amide bonds. The van der Waals surface area contributed by atoms with E-state index in [-0.39, 0.29) is 11.3 Å². The summed E-state index contributed by atoms with van der Waals surface area (Å²) in [6.45, 7) is 0. The van der Waals surface area contributed by atoms with Gasteiger partial charge in [-0.25, -0.2) is 8.78 Å². The van der Waals surface area contributed by atoms with Crippen LogP contribution in [0.2, 0.25) is 0 Å². The summed E-state index contributed by atoms with van der Waals surface area (Å²) in [6, 6.07) is 84.7. The fraction of sp³-hybridized carbons (Fsp3) is 0.0123. The first-order chi connectivity index (χ1) is 45.0. The van der Waals surface area contributed by atoms with Gasteiger partial charge in [-0.1, -0.05) is 194 Å². The van der Waals surface area contributed by atoms with Crippen LogP contribution in [0.4, 0.5) is 22.0 Å². The Morgan fingerprint density at radius 1 is 0.250 bits per heavy atom. The van der Waals surface area contributed by atoms with Gasteiger partial charge in [0.1, 0.15) is 11.6 Å². The maximum absolute atomic E-state index is 16.6. The van der Waals surface area contributed by atoms with Gasteiger partial charge in [-0.15, -0.1) is 0 Å². The largest absolute Gasteiger partial charge is 0.417 e. The van der Waals surface area contributed by atoms with Crippen molar-refractivity contribution in [1.29, 1.82) is 0 Å². The van der Waals surface area contributed by atoms with E-state index in [4.69, 9.17) is 19.9 Å². The average Bonchev–Trinajstić information content (AvgIpc) is 1.53. The van der Waals surface area contributed by atoms with Crippen LogP contribution in [0.1, 0.15) is 5.56 Å². The number of benzene rings is 10. The monoisotopic (exact) mass is 1200 g/mol. The van der Waals surface area contributed by atoms with Gasteiger partial charge in [0.2, 0.25) is 0 Å². The number of hydrogen-bond donors (Lipinski definition) is 0. The van der Waals surface area contributed by atoms with Crippen LogP contribution in [-0.2, 0) is 6.18 Å². The zero-order valence-corrected chi connectivity index (χ0v) is 48.9. The Hall–Kier alpha value is -12.0. The molecule has 0 radical (unpaired) electrons. The molecule has 16 aromatic rings. The molecule has 6 heterocycles. The molecule has 0 aliphatic carbocycles. The van der Waals surface area contributed by atoms with Gasteiger partial charge >= 0.3 is 6.18 Å². The summed E-state index contributed by atoms with van der Waals surface area (Å²) >= 11 is 0. The molecule has 438 valence electrons. The Labute approximate surface area is 525 Å². The first-order valence-corrected chi connectivity index (χ1v) is 30.0. The molecular formula is C81H49F5N6. The van der Waals surface area contributed by atoms with Crippen LogP contribution in [0.15, 0.2) is 298 Å². The summed E-state index contributed by atoms with van der Waals surface area (Å²) in [5, 5.41) is 3.13. The number of alkyl halides is 3. The highest BCUT2D eigenvalue weighted by Gasteiger charge is 2.37. The summed E-state index contributed by atoms with van der Waals surface area (Å²) in [6.07, 6.45) is 2.22. The van der Waals surface area contributed by atoms with Crippen molar-refractivity contribution in [3.05, 3.63) is 315 Å². The molecule has 0 N–H and O–H groups in total. The molecule has 0 saturated carbocycles. The minimum absolute atomic E-state index is 0.139. The van der Waals surface area contributed by atoms with Crippen LogP contribution in [0.3, 0.4) is 0 Å². The van der Waals surface area contributed by atoms with Gasteiger partial charge in [-0.2, -0.15) is 13.2 Å². The van der Waals surface area contributed by atoms with Crippen LogP contribution in [-0.4, -0.2) is 29.1 Å². The van der Waals surface area contributed by atoms with Crippen molar-refractivity contribution in [2.75, 3.05) is 0 Å². The summed E-state index contributed by atoms with van der Waals surface area (Å²) in [5.74, 6) is -2.05. The highest BCUT2D eigenvalue weighted by molar-refractivity contribution is 6.14. The van der Waals surface area contributed by atoms with Crippen molar-refractivity contribution in [2.24, 2.45) is 0 Å². The number of rotatable bonds is 11. The van der Waals surface area contributed by atoms with Gasteiger partial charge in [0.05, 0.1) is 61.8 Å². The second kappa shape index (κ2) is 22.6. The average molecular weight is 1200 g/mol. The predicted molar refractivity (Wildman–Crippen MR) is 360 cm³/mol. The van der Waals surface area contributed by atoms with E-state index in [1.54, 1.807) is 0 Å². The smallest absolute Gasteiger partial charge is 0.307 e. The number of hydrogen-bond acceptors (Lipinski definition) is 4. The van der Waals surface area contributed by atoms with E-state index >= 15 is 22.0 Å². The Morgan fingerprint density at radius 3 is 0.804 bits per heavy atom. The molecule has 16 rings (SSSR count). The molecular weight excluding hydrogens is 1150 g/mol. The highest BCUT2D eigenvalue weighted by atomic mass is 19.4. The molecule has 0 bridgehead atoms. The standard InChI is InChI=1S/C81H49F5N6/c82-63-37-62(38-64(83)43-63)69-44-79(91-75-39-54(58-25-33-71(87-46-58)50-13-5-1-6-14-50)21-29-65(75)66-30-22-55(40-76(66)91)59-26-34-72(88-47-59)51-15-7-2-8-16-51)80(45-70(69)81(84,85)86)92-77-41-56(60-27-35-73(89-48-60)52-17-9-3-10-18-52)23-31-67(77)68-32-24-57(42-78(68)92)61-28-36-74(90-49-61)53-19-11-4-12-20-53/h1-49H. The lowest BCUT2D eigenvalue weighted by Crippen LogP contribution is -2.12. The molecule has 11 heteroatoms. The Balaban J connectivity index is 0.998. The van der Waals surface area contributed by atoms with Crippen LogP contribution in [0, 0.1) is 11.6 Å². The first kappa shape index (κ1) is 55.4. The van der Waals surface area contributed by atoms with E-state index in [1.807, 2.05) is 277 Å². The van der Waals surface area contributed by atoms with Crippen molar-refractivity contribution < 1.29 is 22.0 Å². The lowest BCUT2D eigenvalue weighted by Gasteiger charge is -2.22. The second-order valence-corrected chi connectivity index (χ2v) is 22.8. The lowest BCUT2D eigenvalue weighted by atomic mass is 9.96. The van der Waals surface area contributed by atoms with Crippen LogP contribution >= 0.6 is 0 Å². The minimum atomic E-state index is -5.04.